The van der Waals surface area contributed by atoms with Crippen molar-refractivity contribution in [2.45, 2.75) is 76.5 Å². The minimum absolute atomic E-state index is 0.0174. The topological polar surface area (TPSA) is 167 Å². The Balaban J connectivity index is 1.91. The number of ether oxygens (including phenoxy) is 3. The van der Waals surface area contributed by atoms with Crippen LogP contribution in [0.3, 0.4) is 0 Å². The van der Waals surface area contributed by atoms with Gasteiger partial charge < -0.3 is 23.8 Å². The van der Waals surface area contributed by atoms with Gasteiger partial charge >= 0.3 is 25.9 Å². The number of nitrogens with zero attached hydrogens (tertiary/aromatic N) is 1. The number of ketones is 1. The first-order valence-electron chi connectivity index (χ1n) is 12.6. The van der Waals surface area contributed by atoms with Gasteiger partial charge in [0.05, 0.1) is 19.1 Å². The van der Waals surface area contributed by atoms with Crippen LogP contribution in [0, 0.1) is 0 Å². The molecule has 0 spiro atoms. The first-order chi connectivity index (χ1) is 19.4. The summed E-state index contributed by atoms with van der Waals surface area (Å²) in [6, 6.07) is 6.26. The number of carbonyl (C=O) groups excluding carboxylic acids is 4. The molecule has 232 valence electrons. The number of amides is 1. The molecule has 1 fully saturated rings. The van der Waals surface area contributed by atoms with Crippen LogP contribution in [0.1, 0.15) is 34.1 Å². The molecule has 17 heteroatoms. The van der Waals surface area contributed by atoms with Crippen molar-refractivity contribution >= 4 is 31.4 Å². The number of nitrogens with one attached hydrogen (secondary N) is 1. The van der Waals surface area contributed by atoms with Crippen molar-refractivity contribution in [1.82, 2.24) is 9.99 Å². The molecule has 2 heterocycles. The number of hydrogen-bond acceptors (Lipinski definition) is 11. The summed E-state index contributed by atoms with van der Waals surface area (Å²) < 4.78 is 79.3. The van der Waals surface area contributed by atoms with Crippen molar-refractivity contribution < 1.29 is 65.3 Å². The fourth-order valence-electron chi connectivity index (χ4n) is 4.00. The Kier molecular flexibility index (Phi) is 10.2. The van der Waals surface area contributed by atoms with Crippen molar-refractivity contribution in [3.05, 3.63) is 42.6 Å². The van der Waals surface area contributed by atoms with Gasteiger partial charge in [0.2, 0.25) is 5.91 Å². The fraction of sp³-hybridized carbons (Fsp3) is 0.520. The van der Waals surface area contributed by atoms with Crippen LogP contribution in [0.2, 0.25) is 0 Å². The van der Waals surface area contributed by atoms with Crippen LogP contribution in [0.5, 0.6) is 5.75 Å². The Hall–Kier alpha value is -3.30. The first-order valence-corrected chi connectivity index (χ1v) is 14.1. The average molecular weight is 622 g/mol. The van der Waals surface area contributed by atoms with E-state index in [2.05, 4.69) is 9.82 Å². The number of hydrogen-bond donors (Lipinski definition) is 2. The summed E-state index contributed by atoms with van der Waals surface area (Å²) in [4.78, 5) is 49.0. The Labute approximate surface area is 238 Å². The highest BCUT2D eigenvalue weighted by atomic mass is 31.2. The predicted octanol–water partition coefficient (Wildman–Crippen LogP) is 2.38. The minimum Gasteiger partial charge on any atom is -0.462 e. The van der Waals surface area contributed by atoms with Gasteiger partial charge in [0.1, 0.15) is 23.5 Å². The van der Waals surface area contributed by atoms with E-state index in [0.717, 1.165) is 24.1 Å². The number of rotatable bonds is 11. The molecule has 13 nitrogen and oxygen atoms in total. The van der Waals surface area contributed by atoms with E-state index in [4.69, 9.17) is 18.5 Å². The maximum Gasteiger partial charge on any atom is 0.490 e. The number of para-hydroxylation sites is 1. The fourth-order valence-corrected chi connectivity index (χ4v) is 5.51. The number of halogens is 3. The lowest BCUT2D eigenvalue weighted by Gasteiger charge is -2.35. The number of carbonyl (C=O) groups is 4. The zero-order valence-electron chi connectivity index (χ0n) is 22.9. The zero-order valence-corrected chi connectivity index (χ0v) is 23.8. The van der Waals surface area contributed by atoms with Crippen molar-refractivity contribution in [2.75, 3.05) is 6.61 Å². The van der Waals surface area contributed by atoms with Crippen molar-refractivity contribution in [2.24, 2.45) is 0 Å². The molecule has 6 atom stereocenters. The van der Waals surface area contributed by atoms with Crippen LogP contribution in [-0.4, -0.2) is 82.6 Å². The molecule has 0 aromatic heterocycles. The highest BCUT2D eigenvalue weighted by Crippen LogP contribution is 2.47. The molecule has 0 saturated carbocycles. The van der Waals surface area contributed by atoms with Gasteiger partial charge in [-0.2, -0.15) is 18.3 Å². The number of alkyl halides is 3. The summed E-state index contributed by atoms with van der Waals surface area (Å²) in [7, 11) is -4.57. The summed E-state index contributed by atoms with van der Waals surface area (Å²) in [5, 5.41) is 13.6. The lowest BCUT2D eigenvalue weighted by molar-refractivity contribution is -0.215. The third-order valence-electron chi connectivity index (χ3n) is 5.90. The van der Waals surface area contributed by atoms with E-state index >= 15 is 0 Å². The second-order valence-corrected chi connectivity index (χ2v) is 11.6. The lowest BCUT2D eigenvalue weighted by Crippen LogP contribution is -2.55. The first kappa shape index (κ1) is 33.2. The summed E-state index contributed by atoms with van der Waals surface area (Å²) in [5.41, 5.74) is -2.48. The maximum atomic E-state index is 13.8. The van der Waals surface area contributed by atoms with E-state index in [-0.39, 0.29) is 5.75 Å². The standard InChI is InChI=1S/C25H30F3N2O11P/c1-14(2)38-21(33)15(3)29-42(36,41-17-8-6-5-7-9-17)37-13-18-20(40-23(34)25(26,27)28)24(4,35)22(39-18)30-11-10-16(31)12-19(30)32/h5-11,14-15,18,20,22,35H,12-13H2,1-4H3,(H,29,36)/t15-,18+,20+,22+,24-,42-/m0/s1. The molecule has 1 aromatic rings. The molecule has 0 bridgehead atoms. The summed E-state index contributed by atoms with van der Waals surface area (Å²) in [5.74, 6) is -4.91. The average Bonchev–Trinajstić information content (AvgIpc) is 3.11. The number of allylic oxidation sites excluding steroid dienone is 1. The zero-order chi connectivity index (χ0) is 31.5. The molecule has 2 aliphatic heterocycles. The normalized spacial score (nSPS) is 26.6. The van der Waals surface area contributed by atoms with Gasteiger partial charge in [-0.25, -0.2) is 9.36 Å². The van der Waals surface area contributed by atoms with Crippen LogP contribution in [0.15, 0.2) is 42.6 Å². The third kappa shape index (κ3) is 8.16. The Morgan fingerprint density at radius 3 is 2.43 bits per heavy atom. The highest BCUT2D eigenvalue weighted by molar-refractivity contribution is 7.52. The molecule has 2 aliphatic rings. The van der Waals surface area contributed by atoms with E-state index in [1.807, 2.05) is 0 Å². The maximum absolute atomic E-state index is 13.8. The van der Waals surface area contributed by atoms with E-state index in [1.165, 1.54) is 19.1 Å². The molecular formula is C25H30F3N2O11P. The molecule has 0 unspecified atom stereocenters. The van der Waals surface area contributed by atoms with Crippen LogP contribution < -0.4 is 9.61 Å². The van der Waals surface area contributed by atoms with E-state index < -0.39 is 86.8 Å². The smallest absolute Gasteiger partial charge is 0.462 e. The quantitative estimate of drug-likeness (QED) is 0.211. The third-order valence-corrected chi connectivity index (χ3v) is 7.55. The van der Waals surface area contributed by atoms with Gasteiger partial charge in [-0.05, 0) is 45.9 Å². The number of esters is 2. The van der Waals surface area contributed by atoms with Crippen LogP contribution in [-0.2, 0) is 42.5 Å². The number of aliphatic hydroxyl groups is 1. The van der Waals surface area contributed by atoms with Gasteiger partial charge in [0.25, 0.3) is 0 Å². The van der Waals surface area contributed by atoms with Gasteiger partial charge in [-0.1, -0.05) is 18.2 Å². The predicted molar refractivity (Wildman–Crippen MR) is 135 cm³/mol. The molecule has 0 radical (unpaired) electrons. The molecule has 1 saturated heterocycles. The minimum atomic E-state index is -5.47. The van der Waals surface area contributed by atoms with Crippen molar-refractivity contribution in [1.29, 1.82) is 0 Å². The summed E-state index contributed by atoms with van der Waals surface area (Å²) >= 11 is 0. The molecule has 1 amide bonds. The van der Waals surface area contributed by atoms with Crippen LogP contribution in [0.25, 0.3) is 0 Å². The summed E-state index contributed by atoms with van der Waals surface area (Å²) in [6.07, 6.45) is -10.3. The monoisotopic (exact) mass is 622 g/mol. The summed E-state index contributed by atoms with van der Waals surface area (Å²) in [6.45, 7) is 4.48. The van der Waals surface area contributed by atoms with Gasteiger partial charge in [-0.3, -0.25) is 23.8 Å². The molecular weight excluding hydrogens is 592 g/mol. The SMILES string of the molecule is CC(C)OC(=O)[C@H](C)N[P@](=O)(OC[C@H]1O[C@@H](N2C=CC(=O)CC2=O)[C@@](C)(O)[C@@H]1OC(=O)C(F)(F)F)Oc1ccccc1. The lowest BCUT2D eigenvalue weighted by atomic mass is 9.95. The molecule has 3 rings (SSSR count). The molecule has 2 N–H and O–H groups in total. The van der Waals surface area contributed by atoms with Gasteiger partial charge in [-0.15, -0.1) is 0 Å². The highest BCUT2D eigenvalue weighted by Gasteiger charge is 2.60. The van der Waals surface area contributed by atoms with Crippen molar-refractivity contribution in [3.8, 4) is 5.75 Å². The number of benzene rings is 1. The largest absolute Gasteiger partial charge is 0.490 e. The second-order valence-electron chi connectivity index (χ2n) is 9.87. The van der Waals surface area contributed by atoms with E-state index in [1.54, 1.807) is 32.0 Å². The second kappa shape index (κ2) is 12.9. The van der Waals surface area contributed by atoms with E-state index in [0.29, 0.717) is 0 Å². The Morgan fingerprint density at radius 2 is 1.86 bits per heavy atom. The van der Waals surface area contributed by atoms with Crippen molar-refractivity contribution in [3.63, 3.8) is 0 Å². The van der Waals surface area contributed by atoms with Crippen LogP contribution >= 0.6 is 7.75 Å². The van der Waals surface area contributed by atoms with Gasteiger partial charge in [0, 0.05) is 6.20 Å². The van der Waals surface area contributed by atoms with Crippen LogP contribution in [0.4, 0.5) is 13.2 Å². The Bertz CT molecular complexity index is 1260. The molecule has 1 aromatic carbocycles. The van der Waals surface area contributed by atoms with E-state index in [9.17, 15) is 42.0 Å². The molecule has 0 aliphatic carbocycles. The van der Waals surface area contributed by atoms with Gasteiger partial charge in [0.15, 0.2) is 18.1 Å². The Morgan fingerprint density at radius 1 is 1.21 bits per heavy atom. The molecule has 42 heavy (non-hydrogen) atoms.